The van der Waals surface area contributed by atoms with Crippen molar-refractivity contribution < 1.29 is 18.9 Å². The summed E-state index contributed by atoms with van der Waals surface area (Å²) >= 11 is 6.06. The van der Waals surface area contributed by atoms with Crippen LogP contribution in [0.5, 0.6) is 0 Å². The Morgan fingerprint density at radius 3 is 1.78 bits per heavy atom. The Morgan fingerprint density at radius 1 is 0.826 bits per heavy atom. The molecular weight excluding hydrogens is 316 g/mol. The van der Waals surface area contributed by atoms with Crippen molar-refractivity contribution in [2.75, 3.05) is 26.4 Å². The standard InChI is InChI=1S/C10H16O2.C8H11ClO2/c1-2-7-8-3-4-10(9(7)8)11-5-6-12-10;9-7-5-1-2-8(6(5)7)10-3-4-11-8/h7-9H,2-6H2,1H3;5-7H,1-4H2/t7-,8+,9-;5-,6+,7?/m00/s1. The summed E-state index contributed by atoms with van der Waals surface area (Å²) in [5.41, 5.74) is 0. The van der Waals surface area contributed by atoms with Crippen molar-refractivity contribution in [2.24, 2.45) is 29.6 Å². The average molecular weight is 343 g/mol. The summed E-state index contributed by atoms with van der Waals surface area (Å²) in [6, 6.07) is 0. The lowest BCUT2D eigenvalue weighted by atomic mass is 10.1. The van der Waals surface area contributed by atoms with E-state index in [-0.39, 0.29) is 11.6 Å². The molecule has 0 amide bonds. The van der Waals surface area contributed by atoms with Crippen LogP contribution in [0.4, 0.5) is 0 Å². The number of halogens is 1. The second-order valence-electron chi connectivity index (χ2n) is 7.99. The molecule has 0 aromatic carbocycles. The first-order valence-corrected chi connectivity index (χ1v) is 9.84. The molecule has 0 N–H and O–H groups in total. The van der Waals surface area contributed by atoms with Gasteiger partial charge >= 0.3 is 0 Å². The third kappa shape index (κ3) is 2.18. The lowest BCUT2D eigenvalue weighted by molar-refractivity contribution is -0.170. The molecule has 2 saturated heterocycles. The van der Waals surface area contributed by atoms with Gasteiger partial charge in [-0.3, -0.25) is 0 Å². The highest BCUT2D eigenvalue weighted by atomic mass is 35.5. The summed E-state index contributed by atoms with van der Waals surface area (Å²) in [4.78, 5) is 0. The molecule has 6 aliphatic rings. The van der Waals surface area contributed by atoms with E-state index in [1.807, 2.05) is 0 Å². The van der Waals surface area contributed by atoms with Crippen molar-refractivity contribution in [3.05, 3.63) is 0 Å². The van der Waals surface area contributed by atoms with Crippen molar-refractivity contribution in [3.8, 4) is 0 Å². The minimum Gasteiger partial charge on any atom is -0.347 e. The highest BCUT2D eigenvalue weighted by Gasteiger charge is 2.68. The minimum atomic E-state index is -0.239. The molecular formula is C18H27ClO4. The maximum Gasteiger partial charge on any atom is 0.173 e. The molecule has 2 aliphatic heterocycles. The summed E-state index contributed by atoms with van der Waals surface area (Å²) in [5.74, 6) is 3.46. The molecule has 2 spiro atoms. The summed E-state index contributed by atoms with van der Waals surface area (Å²) in [7, 11) is 0. The Bertz CT molecular complexity index is 457. The van der Waals surface area contributed by atoms with E-state index in [9.17, 15) is 0 Å². The molecule has 6 rings (SSSR count). The van der Waals surface area contributed by atoms with Crippen LogP contribution in [0.2, 0.25) is 0 Å². The highest BCUT2D eigenvalue weighted by Crippen LogP contribution is 2.66. The molecule has 130 valence electrons. The number of rotatable bonds is 1. The van der Waals surface area contributed by atoms with E-state index >= 15 is 0 Å². The monoisotopic (exact) mass is 342 g/mol. The van der Waals surface area contributed by atoms with Gasteiger partial charge in [-0.25, -0.2) is 0 Å². The zero-order valence-electron chi connectivity index (χ0n) is 13.8. The Morgan fingerprint density at radius 2 is 1.35 bits per heavy atom. The van der Waals surface area contributed by atoms with E-state index in [2.05, 4.69) is 6.92 Å². The summed E-state index contributed by atoms with van der Waals surface area (Å²) in [6.07, 6.45) is 6.05. The molecule has 5 heteroatoms. The Kier molecular flexibility index (Phi) is 3.55. The normalized spacial score (nSPS) is 49.8. The molecule has 4 nitrogen and oxygen atoms in total. The van der Waals surface area contributed by atoms with Gasteiger partial charge < -0.3 is 18.9 Å². The van der Waals surface area contributed by atoms with Crippen LogP contribution in [-0.2, 0) is 18.9 Å². The van der Waals surface area contributed by atoms with Gasteiger partial charge in [-0.05, 0) is 30.6 Å². The van der Waals surface area contributed by atoms with Gasteiger partial charge in [-0.1, -0.05) is 13.3 Å². The maximum absolute atomic E-state index is 6.06. The van der Waals surface area contributed by atoms with Crippen LogP contribution in [0.15, 0.2) is 0 Å². The second kappa shape index (κ2) is 5.31. The topological polar surface area (TPSA) is 36.9 Å². The zero-order chi connectivity index (χ0) is 15.7. The lowest BCUT2D eigenvalue weighted by Gasteiger charge is -2.24. The molecule has 1 unspecified atom stereocenters. The van der Waals surface area contributed by atoms with Crippen molar-refractivity contribution >= 4 is 11.6 Å². The van der Waals surface area contributed by atoms with E-state index in [1.54, 1.807) is 0 Å². The van der Waals surface area contributed by atoms with Gasteiger partial charge in [0.05, 0.1) is 26.4 Å². The molecule has 4 aliphatic carbocycles. The number of hydrogen-bond donors (Lipinski definition) is 0. The first-order chi connectivity index (χ1) is 11.2. The second-order valence-corrected chi connectivity index (χ2v) is 8.49. The highest BCUT2D eigenvalue weighted by molar-refractivity contribution is 6.23. The number of alkyl halides is 1. The van der Waals surface area contributed by atoms with E-state index < -0.39 is 0 Å². The lowest BCUT2D eigenvalue weighted by Crippen LogP contribution is -2.31. The van der Waals surface area contributed by atoms with E-state index in [0.717, 1.165) is 57.0 Å². The summed E-state index contributed by atoms with van der Waals surface area (Å²) < 4.78 is 22.8. The average Bonchev–Trinajstić information content (AvgIpc) is 3.11. The van der Waals surface area contributed by atoms with Crippen LogP contribution in [-0.4, -0.2) is 43.4 Å². The van der Waals surface area contributed by atoms with Crippen molar-refractivity contribution in [3.63, 3.8) is 0 Å². The van der Waals surface area contributed by atoms with Gasteiger partial charge in [-0.15, -0.1) is 11.6 Å². The van der Waals surface area contributed by atoms with Crippen LogP contribution in [0.1, 0.15) is 39.0 Å². The number of fused-ring (bicyclic) bond motifs is 4. The first kappa shape index (κ1) is 15.4. The zero-order valence-corrected chi connectivity index (χ0v) is 14.6. The minimum absolute atomic E-state index is 0.106. The molecule has 0 bridgehead atoms. The van der Waals surface area contributed by atoms with Gasteiger partial charge in [0.1, 0.15) is 0 Å². The summed E-state index contributed by atoms with van der Waals surface area (Å²) in [5, 5.41) is 0.335. The molecule has 2 heterocycles. The van der Waals surface area contributed by atoms with E-state index in [0.29, 0.717) is 17.2 Å². The molecule has 23 heavy (non-hydrogen) atoms. The maximum atomic E-state index is 6.06. The summed E-state index contributed by atoms with van der Waals surface area (Å²) in [6.45, 7) is 5.44. The predicted molar refractivity (Wildman–Crippen MR) is 85.1 cm³/mol. The largest absolute Gasteiger partial charge is 0.347 e. The fourth-order valence-electron chi connectivity index (χ4n) is 5.97. The van der Waals surface area contributed by atoms with Crippen LogP contribution in [0, 0.1) is 29.6 Å². The van der Waals surface area contributed by atoms with Crippen molar-refractivity contribution in [1.82, 2.24) is 0 Å². The quantitative estimate of drug-likeness (QED) is 0.686. The van der Waals surface area contributed by atoms with Crippen LogP contribution < -0.4 is 0 Å². The van der Waals surface area contributed by atoms with Crippen LogP contribution in [0.3, 0.4) is 0 Å². The first-order valence-electron chi connectivity index (χ1n) is 9.41. The van der Waals surface area contributed by atoms with Crippen molar-refractivity contribution in [2.45, 2.75) is 56.0 Å². The third-order valence-corrected chi connectivity index (χ3v) is 7.69. The van der Waals surface area contributed by atoms with E-state index in [4.69, 9.17) is 30.5 Å². The predicted octanol–water partition coefficient (Wildman–Crippen LogP) is 3.17. The van der Waals surface area contributed by atoms with Gasteiger partial charge in [0.25, 0.3) is 0 Å². The molecule has 0 radical (unpaired) electrons. The fourth-order valence-corrected chi connectivity index (χ4v) is 6.55. The molecule has 6 fully saturated rings. The fraction of sp³-hybridized carbons (Fsp3) is 1.00. The number of ether oxygens (including phenoxy) is 4. The molecule has 0 aromatic heterocycles. The Hall–Kier alpha value is 0.130. The molecule has 0 aromatic rings. The molecule has 4 saturated carbocycles. The van der Waals surface area contributed by atoms with Gasteiger partial charge in [0, 0.05) is 30.1 Å². The Labute approximate surface area is 143 Å². The Balaban J connectivity index is 0.000000106. The SMILES string of the molecule is CC[C@H]1[C@H]2CCC3(OCCO3)[C@H]21.ClC1[C@H]2CCC3(OCCO3)[C@@H]12. The van der Waals surface area contributed by atoms with Gasteiger partial charge in [-0.2, -0.15) is 0 Å². The third-order valence-electron chi connectivity index (χ3n) is 7.10. The van der Waals surface area contributed by atoms with Crippen LogP contribution >= 0.6 is 11.6 Å². The van der Waals surface area contributed by atoms with Gasteiger partial charge in [0.15, 0.2) is 11.6 Å². The number of hydrogen-bond acceptors (Lipinski definition) is 4. The van der Waals surface area contributed by atoms with Gasteiger partial charge in [0.2, 0.25) is 0 Å². The van der Waals surface area contributed by atoms with Crippen molar-refractivity contribution in [1.29, 1.82) is 0 Å². The smallest absolute Gasteiger partial charge is 0.173 e. The van der Waals surface area contributed by atoms with E-state index in [1.165, 1.54) is 19.3 Å². The molecule has 6 atom stereocenters. The van der Waals surface area contributed by atoms with Crippen LogP contribution in [0.25, 0.3) is 0 Å².